The second-order valence-corrected chi connectivity index (χ2v) is 7.01. The second kappa shape index (κ2) is 6.07. The molecule has 0 aromatic carbocycles. The SMILES string of the molecule is Cc1cc(N2CC(Cn3nc(C(F)(F)F)ccc3=O)C2)nc(C2CC2)n1. The zero-order valence-corrected chi connectivity index (χ0v) is 14.2. The van der Waals surface area contributed by atoms with Crippen LogP contribution in [-0.2, 0) is 12.7 Å². The van der Waals surface area contributed by atoms with E-state index in [0.29, 0.717) is 19.0 Å². The Morgan fingerprint density at radius 3 is 2.58 bits per heavy atom. The third-order valence-electron chi connectivity index (χ3n) is 4.67. The second-order valence-electron chi connectivity index (χ2n) is 7.01. The molecule has 1 saturated carbocycles. The van der Waals surface area contributed by atoms with Crippen molar-refractivity contribution in [3.8, 4) is 0 Å². The van der Waals surface area contributed by atoms with Crippen molar-refractivity contribution in [3.05, 3.63) is 45.8 Å². The molecule has 0 radical (unpaired) electrons. The van der Waals surface area contributed by atoms with Crippen molar-refractivity contribution in [3.63, 3.8) is 0 Å². The number of nitrogens with zero attached hydrogens (tertiary/aromatic N) is 5. The molecule has 9 heteroatoms. The van der Waals surface area contributed by atoms with Crippen LogP contribution in [0, 0.1) is 12.8 Å². The van der Waals surface area contributed by atoms with E-state index < -0.39 is 17.4 Å². The van der Waals surface area contributed by atoms with Crippen molar-refractivity contribution >= 4 is 5.82 Å². The summed E-state index contributed by atoms with van der Waals surface area (Å²) in [7, 11) is 0. The van der Waals surface area contributed by atoms with E-state index in [-0.39, 0.29) is 12.5 Å². The number of aromatic nitrogens is 4. The van der Waals surface area contributed by atoms with E-state index in [4.69, 9.17) is 0 Å². The highest BCUT2D eigenvalue weighted by Gasteiger charge is 2.35. The summed E-state index contributed by atoms with van der Waals surface area (Å²) in [6, 6.07) is 3.55. The summed E-state index contributed by atoms with van der Waals surface area (Å²) in [5, 5.41) is 3.46. The van der Waals surface area contributed by atoms with Crippen LogP contribution in [0.15, 0.2) is 23.0 Å². The Morgan fingerprint density at radius 1 is 1.19 bits per heavy atom. The molecule has 1 saturated heterocycles. The maximum Gasteiger partial charge on any atom is 0.435 e. The van der Waals surface area contributed by atoms with Gasteiger partial charge in [0.25, 0.3) is 5.56 Å². The van der Waals surface area contributed by atoms with Crippen molar-refractivity contribution < 1.29 is 13.2 Å². The molecule has 6 nitrogen and oxygen atoms in total. The fourth-order valence-electron chi connectivity index (χ4n) is 3.11. The predicted molar refractivity (Wildman–Crippen MR) is 87.9 cm³/mol. The van der Waals surface area contributed by atoms with E-state index in [1.807, 2.05) is 13.0 Å². The van der Waals surface area contributed by atoms with E-state index in [2.05, 4.69) is 20.0 Å². The standard InChI is InChI=1S/C17H18F3N5O/c1-10-6-14(22-16(21-10)12-2-3-12)24-7-11(8-24)9-25-15(26)5-4-13(23-25)17(18,19)20/h4-6,11-12H,2-3,7-9H2,1H3. The van der Waals surface area contributed by atoms with Crippen LogP contribution in [0.25, 0.3) is 0 Å². The molecule has 4 rings (SSSR count). The third-order valence-corrected chi connectivity index (χ3v) is 4.67. The van der Waals surface area contributed by atoms with Gasteiger partial charge in [-0.25, -0.2) is 14.6 Å². The van der Waals surface area contributed by atoms with Crippen LogP contribution in [0.3, 0.4) is 0 Å². The molecule has 0 spiro atoms. The number of alkyl halides is 3. The summed E-state index contributed by atoms with van der Waals surface area (Å²) in [6.45, 7) is 3.36. The molecular weight excluding hydrogens is 347 g/mol. The molecule has 0 amide bonds. The lowest BCUT2D eigenvalue weighted by atomic mass is 10.0. The van der Waals surface area contributed by atoms with Gasteiger partial charge in [0, 0.05) is 42.8 Å². The number of anilines is 1. The Bertz CT molecular complexity index is 885. The van der Waals surface area contributed by atoms with Gasteiger partial charge in [0.2, 0.25) is 0 Å². The fourth-order valence-corrected chi connectivity index (χ4v) is 3.11. The molecule has 1 aliphatic carbocycles. The van der Waals surface area contributed by atoms with Gasteiger partial charge in [0.05, 0.1) is 6.54 Å². The van der Waals surface area contributed by atoms with Crippen LogP contribution in [0.2, 0.25) is 0 Å². The molecule has 1 aliphatic heterocycles. The predicted octanol–water partition coefficient (Wildman–Crippen LogP) is 2.37. The summed E-state index contributed by atoms with van der Waals surface area (Å²) in [6.07, 6.45) is -2.32. The highest BCUT2D eigenvalue weighted by Crippen LogP contribution is 2.39. The summed E-state index contributed by atoms with van der Waals surface area (Å²) in [5.74, 6) is 2.24. The lowest BCUT2D eigenvalue weighted by molar-refractivity contribution is -0.142. The van der Waals surface area contributed by atoms with Crippen LogP contribution in [0.1, 0.15) is 36.0 Å². The van der Waals surface area contributed by atoms with Gasteiger partial charge in [0.1, 0.15) is 11.6 Å². The highest BCUT2D eigenvalue weighted by atomic mass is 19.4. The number of aryl methyl sites for hydroxylation is 1. The normalized spacial score (nSPS) is 18.1. The lowest BCUT2D eigenvalue weighted by Gasteiger charge is -2.40. The number of rotatable bonds is 4. The Morgan fingerprint density at radius 2 is 1.92 bits per heavy atom. The first kappa shape index (κ1) is 17.0. The molecule has 0 bridgehead atoms. The number of hydrogen-bond acceptors (Lipinski definition) is 5. The van der Waals surface area contributed by atoms with Crippen molar-refractivity contribution in [2.24, 2.45) is 5.92 Å². The van der Waals surface area contributed by atoms with Crippen LogP contribution < -0.4 is 10.5 Å². The minimum Gasteiger partial charge on any atom is -0.356 e. The molecule has 0 N–H and O–H groups in total. The fraction of sp³-hybridized carbons (Fsp3) is 0.529. The van der Waals surface area contributed by atoms with Gasteiger partial charge in [-0.1, -0.05) is 0 Å². The quantitative estimate of drug-likeness (QED) is 0.832. The van der Waals surface area contributed by atoms with Crippen molar-refractivity contribution in [1.29, 1.82) is 0 Å². The molecule has 0 unspecified atom stereocenters. The smallest absolute Gasteiger partial charge is 0.356 e. The highest BCUT2D eigenvalue weighted by molar-refractivity contribution is 5.43. The van der Waals surface area contributed by atoms with E-state index in [9.17, 15) is 18.0 Å². The Hall–Kier alpha value is -2.45. The van der Waals surface area contributed by atoms with E-state index in [1.165, 1.54) is 0 Å². The first-order valence-electron chi connectivity index (χ1n) is 8.55. The van der Waals surface area contributed by atoms with E-state index in [0.717, 1.165) is 47.0 Å². The maximum absolute atomic E-state index is 12.8. The molecule has 2 aromatic heterocycles. The average Bonchev–Trinajstić information content (AvgIpc) is 3.35. The van der Waals surface area contributed by atoms with Gasteiger partial charge in [-0.05, 0) is 25.8 Å². The van der Waals surface area contributed by atoms with Crippen LogP contribution in [0.5, 0.6) is 0 Å². The summed E-state index contributed by atoms with van der Waals surface area (Å²) >= 11 is 0. The molecule has 0 atom stereocenters. The molecule has 138 valence electrons. The molecule has 2 aromatic rings. The minimum atomic E-state index is -4.56. The van der Waals surface area contributed by atoms with E-state index in [1.54, 1.807) is 0 Å². The molecule has 3 heterocycles. The summed E-state index contributed by atoms with van der Waals surface area (Å²) < 4.78 is 39.2. The Balaban J connectivity index is 1.44. The van der Waals surface area contributed by atoms with Gasteiger partial charge in [-0.2, -0.15) is 18.3 Å². The maximum atomic E-state index is 12.8. The van der Waals surface area contributed by atoms with E-state index >= 15 is 0 Å². The van der Waals surface area contributed by atoms with Crippen molar-refractivity contribution in [1.82, 2.24) is 19.7 Å². The van der Waals surface area contributed by atoms with Crippen LogP contribution >= 0.6 is 0 Å². The lowest BCUT2D eigenvalue weighted by Crippen LogP contribution is -2.50. The largest absolute Gasteiger partial charge is 0.435 e. The zero-order valence-electron chi connectivity index (χ0n) is 14.2. The summed E-state index contributed by atoms with van der Waals surface area (Å²) in [5.41, 5.74) is -0.657. The van der Waals surface area contributed by atoms with Crippen LogP contribution in [-0.4, -0.2) is 32.8 Å². The minimum absolute atomic E-state index is 0.0586. The first-order chi connectivity index (χ1) is 12.3. The average molecular weight is 365 g/mol. The zero-order chi connectivity index (χ0) is 18.5. The van der Waals surface area contributed by atoms with Crippen LogP contribution in [0.4, 0.5) is 19.0 Å². The van der Waals surface area contributed by atoms with Gasteiger partial charge >= 0.3 is 6.18 Å². The van der Waals surface area contributed by atoms with Gasteiger partial charge < -0.3 is 4.90 Å². The van der Waals surface area contributed by atoms with Gasteiger partial charge in [-0.3, -0.25) is 4.79 Å². The van der Waals surface area contributed by atoms with Gasteiger partial charge in [0.15, 0.2) is 5.69 Å². The Kier molecular flexibility index (Phi) is 3.96. The molecule has 2 aliphatic rings. The molecule has 2 fully saturated rings. The molecular formula is C17H18F3N5O. The van der Waals surface area contributed by atoms with Gasteiger partial charge in [-0.15, -0.1) is 0 Å². The first-order valence-corrected chi connectivity index (χ1v) is 8.55. The molecule has 26 heavy (non-hydrogen) atoms. The Labute approximate surface area is 147 Å². The van der Waals surface area contributed by atoms with Crippen molar-refractivity contribution in [2.75, 3.05) is 18.0 Å². The third kappa shape index (κ3) is 3.42. The number of halogens is 3. The summed E-state index contributed by atoms with van der Waals surface area (Å²) in [4.78, 5) is 22.9. The topological polar surface area (TPSA) is 63.9 Å². The van der Waals surface area contributed by atoms with Crippen molar-refractivity contribution in [2.45, 2.75) is 38.4 Å². The number of hydrogen-bond donors (Lipinski definition) is 0. The monoisotopic (exact) mass is 365 g/mol.